The van der Waals surface area contributed by atoms with Gasteiger partial charge in [0.2, 0.25) is 5.13 Å². The van der Waals surface area contributed by atoms with Gasteiger partial charge in [0.15, 0.2) is 0 Å². The number of nitrogens with zero attached hydrogens (tertiary/aromatic N) is 3. The van der Waals surface area contributed by atoms with E-state index >= 15 is 0 Å². The lowest BCUT2D eigenvalue weighted by Gasteiger charge is -1.99. The van der Waals surface area contributed by atoms with Gasteiger partial charge in [0.1, 0.15) is 0 Å². The van der Waals surface area contributed by atoms with Crippen molar-refractivity contribution < 1.29 is 0 Å². The van der Waals surface area contributed by atoms with Crippen LogP contribution in [0.4, 0.5) is 5.13 Å². The van der Waals surface area contributed by atoms with Crippen molar-refractivity contribution in [1.82, 2.24) is 9.97 Å². The third-order valence-corrected chi connectivity index (χ3v) is 5.33. The predicted molar refractivity (Wildman–Crippen MR) is 99.7 cm³/mol. The Kier molecular flexibility index (Phi) is 4.54. The van der Waals surface area contributed by atoms with E-state index in [4.69, 9.17) is 0 Å². The van der Waals surface area contributed by atoms with Gasteiger partial charge in [-0.3, -0.25) is 5.43 Å². The second-order valence-corrected chi connectivity index (χ2v) is 7.42. The first kappa shape index (κ1) is 15.8. The molecule has 0 aliphatic heterocycles. The highest BCUT2D eigenvalue weighted by Gasteiger charge is 2.08. The third kappa shape index (κ3) is 3.65. The average Bonchev–Trinajstić information content (AvgIpc) is 3.12. The van der Waals surface area contributed by atoms with Crippen LogP contribution in [0.15, 0.2) is 34.7 Å². The molecule has 6 heteroatoms. The summed E-state index contributed by atoms with van der Waals surface area (Å²) in [4.78, 5) is 10.1. The lowest BCUT2D eigenvalue weighted by Crippen LogP contribution is -1.99. The minimum absolute atomic E-state index is 0.791. The monoisotopic (exact) mass is 342 g/mol. The van der Waals surface area contributed by atoms with E-state index in [2.05, 4.69) is 51.7 Å². The molecule has 3 rings (SSSR count). The summed E-state index contributed by atoms with van der Waals surface area (Å²) >= 11 is 3.22. The molecular weight excluding hydrogens is 324 g/mol. The molecule has 0 saturated carbocycles. The van der Waals surface area contributed by atoms with Crippen LogP contribution < -0.4 is 5.43 Å². The van der Waals surface area contributed by atoms with Gasteiger partial charge in [-0.1, -0.05) is 29.8 Å². The fourth-order valence-corrected chi connectivity index (χ4v) is 3.76. The summed E-state index contributed by atoms with van der Waals surface area (Å²) in [6.07, 6.45) is 0. The molecule has 1 aromatic carbocycles. The van der Waals surface area contributed by atoms with E-state index in [9.17, 15) is 0 Å². The van der Waals surface area contributed by atoms with Crippen molar-refractivity contribution in [2.75, 3.05) is 5.43 Å². The largest absolute Gasteiger partial charge is 0.252 e. The fourth-order valence-electron chi connectivity index (χ4n) is 2.23. The van der Waals surface area contributed by atoms with Gasteiger partial charge in [-0.25, -0.2) is 9.97 Å². The number of hydrogen-bond donors (Lipinski definition) is 1. The predicted octanol–water partition coefficient (Wildman–Crippen LogP) is 5.03. The molecule has 2 aromatic heterocycles. The molecule has 0 aliphatic carbocycles. The van der Waals surface area contributed by atoms with Crippen molar-refractivity contribution >= 4 is 33.5 Å². The van der Waals surface area contributed by atoms with Crippen LogP contribution in [0.1, 0.15) is 28.1 Å². The van der Waals surface area contributed by atoms with Crippen molar-refractivity contribution in [3.8, 4) is 11.3 Å². The molecule has 0 aliphatic rings. The minimum Gasteiger partial charge on any atom is -0.252 e. The van der Waals surface area contributed by atoms with Gasteiger partial charge in [0.25, 0.3) is 0 Å². The number of hydrogen-bond acceptors (Lipinski definition) is 6. The lowest BCUT2D eigenvalue weighted by atomic mass is 10.1. The van der Waals surface area contributed by atoms with Crippen LogP contribution in [0.25, 0.3) is 11.3 Å². The van der Waals surface area contributed by atoms with Crippen molar-refractivity contribution in [1.29, 1.82) is 0 Å². The van der Waals surface area contributed by atoms with Gasteiger partial charge in [-0.15, -0.1) is 22.7 Å². The molecule has 0 bridgehead atoms. The summed E-state index contributed by atoms with van der Waals surface area (Å²) in [5.41, 5.74) is 8.34. The van der Waals surface area contributed by atoms with E-state index in [1.807, 2.05) is 26.2 Å². The molecule has 3 aromatic rings. The summed E-state index contributed by atoms with van der Waals surface area (Å²) < 4.78 is 0. The number of thiazole rings is 2. The number of aryl methyl sites for hydroxylation is 3. The molecule has 1 N–H and O–H groups in total. The highest BCUT2D eigenvalue weighted by Crippen LogP contribution is 2.25. The van der Waals surface area contributed by atoms with E-state index in [0.29, 0.717) is 0 Å². The first-order valence-electron chi connectivity index (χ1n) is 7.30. The zero-order valence-corrected chi connectivity index (χ0v) is 15.2. The molecular formula is C17H18N4S2. The van der Waals surface area contributed by atoms with Crippen LogP contribution in [0.2, 0.25) is 0 Å². The Morgan fingerprint density at radius 3 is 2.48 bits per heavy atom. The molecule has 0 spiro atoms. The topological polar surface area (TPSA) is 50.2 Å². The molecule has 118 valence electrons. The summed E-state index contributed by atoms with van der Waals surface area (Å²) in [7, 11) is 0. The summed E-state index contributed by atoms with van der Waals surface area (Å²) in [6, 6.07) is 8.37. The lowest BCUT2D eigenvalue weighted by molar-refractivity contribution is 1.19. The maximum atomic E-state index is 4.59. The zero-order valence-electron chi connectivity index (χ0n) is 13.5. The van der Waals surface area contributed by atoms with Crippen molar-refractivity contribution in [2.45, 2.75) is 27.7 Å². The normalized spacial score (nSPS) is 11.7. The van der Waals surface area contributed by atoms with Crippen LogP contribution >= 0.6 is 22.7 Å². The maximum absolute atomic E-state index is 4.59. The molecule has 0 radical (unpaired) electrons. The third-order valence-electron chi connectivity index (χ3n) is 3.40. The van der Waals surface area contributed by atoms with Gasteiger partial charge >= 0.3 is 0 Å². The number of hydrazone groups is 1. The van der Waals surface area contributed by atoms with Crippen molar-refractivity contribution in [2.24, 2.45) is 5.10 Å². The van der Waals surface area contributed by atoms with Crippen LogP contribution in [0, 0.1) is 20.8 Å². The van der Waals surface area contributed by atoms with Crippen LogP contribution in [-0.4, -0.2) is 15.7 Å². The van der Waals surface area contributed by atoms with Crippen molar-refractivity contribution in [3.05, 3.63) is 50.8 Å². The Bertz CT molecular complexity index is 844. The maximum Gasteiger partial charge on any atom is 0.203 e. The van der Waals surface area contributed by atoms with Gasteiger partial charge in [-0.2, -0.15) is 5.10 Å². The quantitative estimate of drug-likeness (QED) is 0.534. The molecule has 0 saturated heterocycles. The number of anilines is 1. The second-order valence-electron chi connectivity index (χ2n) is 5.36. The first-order chi connectivity index (χ1) is 11.0. The van der Waals surface area contributed by atoms with E-state index in [1.54, 1.807) is 22.7 Å². The standard InChI is InChI=1S/C17H18N4S2/c1-10-5-7-14(8-6-10)15-9-22-17(19-15)21-20-12(3)16-11(2)18-13(4)23-16/h5-9H,1-4H3,(H,19,21)/b20-12+. The van der Waals surface area contributed by atoms with Gasteiger partial charge in [-0.05, 0) is 27.7 Å². The number of nitrogens with one attached hydrogen (secondary N) is 1. The van der Waals surface area contributed by atoms with E-state index in [1.165, 1.54) is 5.56 Å². The van der Waals surface area contributed by atoms with Crippen LogP contribution in [0.3, 0.4) is 0 Å². The highest BCUT2D eigenvalue weighted by molar-refractivity contribution is 7.14. The molecule has 2 heterocycles. The molecule has 0 atom stereocenters. The molecule has 0 unspecified atom stereocenters. The molecule has 4 nitrogen and oxygen atoms in total. The smallest absolute Gasteiger partial charge is 0.203 e. The minimum atomic E-state index is 0.791. The SMILES string of the molecule is C/C(=N\Nc1nc(-c2ccc(C)cc2)cs1)c1sc(C)nc1C. The summed E-state index contributed by atoms with van der Waals surface area (Å²) in [6.45, 7) is 8.09. The Labute approximate surface area is 144 Å². The van der Waals surface area contributed by atoms with Gasteiger partial charge < -0.3 is 0 Å². The Balaban J connectivity index is 1.75. The van der Waals surface area contributed by atoms with E-state index in [0.717, 1.165) is 37.7 Å². The Hall–Kier alpha value is -2.05. The molecule has 0 fully saturated rings. The summed E-state index contributed by atoms with van der Waals surface area (Å²) in [5.74, 6) is 0. The van der Waals surface area contributed by atoms with Gasteiger partial charge in [0.05, 0.1) is 27.0 Å². The molecule has 23 heavy (non-hydrogen) atoms. The van der Waals surface area contributed by atoms with E-state index < -0.39 is 0 Å². The molecule has 0 amide bonds. The van der Waals surface area contributed by atoms with Crippen molar-refractivity contribution in [3.63, 3.8) is 0 Å². The number of aromatic nitrogens is 2. The Morgan fingerprint density at radius 1 is 1.09 bits per heavy atom. The van der Waals surface area contributed by atoms with E-state index in [-0.39, 0.29) is 0 Å². The fraction of sp³-hybridized carbons (Fsp3) is 0.235. The first-order valence-corrected chi connectivity index (χ1v) is 9.00. The van der Waals surface area contributed by atoms with Crippen LogP contribution in [-0.2, 0) is 0 Å². The average molecular weight is 342 g/mol. The highest BCUT2D eigenvalue weighted by atomic mass is 32.1. The van der Waals surface area contributed by atoms with Crippen LogP contribution in [0.5, 0.6) is 0 Å². The van der Waals surface area contributed by atoms with Gasteiger partial charge in [0, 0.05) is 10.9 Å². The number of benzene rings is 1. The second kappa shape index (κ2) is 6.60. The summed E-state index contributed by atoms with van der Waals surface area (Å²) in [5, 5.41) is 8.34. The number of rotatable bonds is 4. The Morgan fingerprint density at radius 2 is 1.83 bits per heavy atom. The zero-order chi connectivity index (χ0) is 16.4.